The summed E-state index contributed by atoms with van der Waals surface area (Å²) < 4.78 is 5.25. The number of carboxylic acid groups (broad SMARTS) is 1. The summed E-state index contributed by atoms with van der Waals surface area (Å²) in [5, 5.41) is 8.75. The zero-order valence-corrected chi connectivity index (χ0v) is 9.57. The lowest BCUT2D eigenvalue weighted by Crippen LogP contribution is -2.36. The molecule has 1 aliphatic rings. The van der Waals surface area contributed by atoms with Crippen LogP contribution in [-0.4, -0.2) is 37.4 Å². The van der Waals surface area contributed by atoms with E-state index < -0.39 is 5.97 Å². The number of nitrogens with zero attached hydrogens (tertiary/aromatic N) is 1. The number of hydrogen-bond donors (Lipinski definition) is 1. The highest BCUT2D eigenvalue weighted by molar-refractivity contribution is 5.88. The maximum Gasteiger partial charge on any atom is 0.335 e. The Balaban J connectivity index is 0.00000128. The molecule has 1 N–H and O–H groups in total. The Morgan fingerprint density at radius 2 is 1.75 bits per heavy atom. The van der Waals surface area contributed by atoms with E-state index in [2.05, 4.69) is 4.90 Å². The lowest BCUT2D eigenvalue weighted by Gasteiger charge is -2.28. The predicted molar refractivity (Wildman–Crippen MR) is 63.7 cm³/mol. The maximum absolute atomic E-state index is 10.7. The van der Waals surface area contributed by atoms with Crippen LogP contribution in [0.15, 0.2) is 24.3 Å². The first-order valence-electron chi connectivity index (χ1n) is 4.93. The molecule has 0 aromatic heterocycles. The molecule has 1 aromatic carbocycles. The number of morpholine rings is 1. The zero-order chi connectivity index (χ0) is 10.7. The number of hydrogen-bond acceptors (Lipinski definition) is 3. The average Bonchev–Trinajstić information content (AvgIpc) is 2.30. The third-order valence-electron chi connectivity index (χ3n) is 2.49. The van der Waals surface area contributed by atoms with Crippen LogP contribution in [0.5, 0.6) is 0 Å². The number of halogens is 1. The zero-order valence-electron chi connectivity index (χ0n) is 8.76. The van der Waals surface area contributed by atoms with Gasteiger partial charge in [0.25, 0.3) is 0 Å². The molecule has 0 radical (unpaired) electrons. The molecule has 1 aromatic rings. The van der Waals surface area contributed by atoms with Gasteiger partial charge in [-0.05, 0) is 24.3 Å². The lowest BCUT2D eigenvalue weighted by molar-refractivity contribution is 0.0697. The maximum atomic E-state index is 10.7. The van der Waals surface area contributed by atoms with Gasteiger partial charge in [-0.25, -0.2) is 4.79 Å². The molecule has 0 saturated carbocycles. The van der Waals surface area contributed by atoms with Crippen molar-refractivity contribution >= 4 is 24.1 Å². The summed E-state index contributed by atoms with van der Waals surface area (Å²) in [4.78, 5) is 12.8. The number of anilines is 1. The van der Waals surface area contributed by atoms with Crippen LogP contribution in [0.1, 0.15) is 10.4 Å². The van der Waals surface area contributed by atoms with Crippen LogP contribution in [0.2, 0.25) is 0 Å². The van der Waals surface area contributed by atoms with Crippen LogP contribution in [0, 0.1) is 0 Å². The van der Waals surface area contributed by atoms with E-state index in [-0.39, 0.29) is 12.4 Å². The molecule has 1 saturated heterocycles. The number of carboxylic acids is 1. The minimum Gasteiger partial charge on any atom is -0.478 e. The van der Waals surface area contributed by atoms with Crippen molar-refractivity contribution in [2.45, 2.75) is 0 Å². The fourth-order valence-electron chi connectivity index (χ4n) is 1.64. The molecule has 0 bridgehead atoms. The van der Waals surface area contributed by atoms with Crippen LogP contribution >= 0.6 is 12.4 Å². The third kappa shape index (κ3) is 2.87. The van der Waals surface area contributed by atoms with Crippen molar-refractivity contribution in [1.82, 2.24) is 0 Å². The molecule has 0 atom stereocenters. The number of ether oxygens (including phenoxy) is 1. The molecule has 88 valence electrons. The van der Waals surface area contributed by atoms with E-state index in [1.807, 2.05) is 12.1 Å². The van der Waals surface area contributed by atoms with Gasteiger partial charge in [0.1, 0.15) is 0 Å². The van der Waals surface area contributed by atoms with E-state index >= 15 is 0 Å². The van der Waals surface area contributed by atoms with Crippen molar-refractivity contribution in [2.24, 2.45) is 0 Å². The Bertz CT molecular complexity index is 347. The van der Waals surface area contributed by atoms with Crippen LogP contribution in [0.25, 0.3) is 0 Å². The standard InChI is InChI=1S/C11H13NO3.ClH/c13-11(14)9-1-3-10(4-2-9)12-5-7-15-8-6-12;/h1-4H,5-8H2,(H,13,14);1H. The molecule has 1 heterocycles. The van der Waals surface area contributed by atoms with Crippen LogP contribution in [-0.2, 0) is 4.74 Å². The number of rotatable bonds is 2. The Labute approximate surface area is 100 Å². The van der Waals surface area contributed by atoms with Gasteiger partial charge in [-0.15, -0.1) is 12.4 Å². The number of benzene rings is 1. The van der Waals surface area contributed by atoms with Crippen molar-refractivity contribution in [3.8, 4) is 0 Å². The summed E-state index contributed by atoms with van der Waals surface area (Å²) in [6, 6.07) is 6.95. The quantitative estimate of drug-likeness (QED) is 0.858. The summed E-state index contributed by atoms with van der Waals surface area (Å²) in [6.45, 7) is 3.21. The minimum absolute atomic E-state index is 0. The van der Waals surface area contributed by atoms with E-state index in [1.165, 1.54) is 0 Å². The molecular formula is C11H14ClNO3. The van der Waals surface area contributed by atoms with Crippen LogP contribution < -0.4 is 4.90 Å². The van der Waals surface area contributed by atoms with Crippen LogP contribution in [0.4, 0.5) is 5.69 Å². The van der Waals surface area contributed by atoms with E-state index in [9.17, 15) is 4.79 Å². The first-order chi connectivity index (χ1) is 7.27. The second kappa shape index (κ2) is 5.72. The van der Waals surface area contributed by atoms with Gasteiger partial charge in [0, 0.05) is 18.8 Å². The molecule has 1 aliphatic heterocycles. The second-order valence-corrected chi connectivity index (χ2v) is 3.45. The Morgan fingerprint density at radius 1 is 1.19 bits per heavy atom. The SMILES string of the molecule is Cl.O=C(O)c1ccc(N2CCOCC2)cc1. The second-order valence-electron chi connectivity index (χ2n) is 3.45. The largest absolute Gasteiger partial charge is 0.478 e. The first kappa shape index (κ1) is 12.8. The van der Waals surface area contributed by atoms with E-state index in [1.54, 1.807) is 12.1 Å². The monoisotopic (exact) mass is 243 g/mol. The topological polar surface area (TPSA) is 49.8 Å². The van der Waals surface area contributed by atoms with Gasteiger partial charge in [-0.3, -0.25) is 0 Å². The van der Waals surface area contributed by atoms with Gasteiger partial charge in [0.15, 0.2) is 0 Å². The Hall–Kier alpha value is -1.26. The highest BCUT2D eigenvalue weighted by atomic mass is 35.5. The average molecular weight is 244 g/mol. The van der Waals surface area contributed by atoms with Gasteiger partial charge in [0.2, 0.25) is 0 Å². The fourth-order valence-corrected chi connectivity index (χ4v) is 1.64. The van der Waals surface area contributed by atoms with Crippen molar-refractivity contribution < 1.29 is 14.6 Å². The smallest absolute Gasteiger partial charge is 0.335 e. The third-order valence-corrected chi connectivity index (χ3v) is 2.49. The van der Waals surface area contributed by atoms with E-state index in [4.69, 9.17) is 9.84 Å². The first-order valence-corrected chi connectivity index (χ1v) is 4.93. The molecule has 4 nitrogen and oxygen atoms in total. The summed E-state index contributed by atoms with van der Waals surface area (Å²) in [6.07, 6.45) is 0. The molecule has 0 aliphatic carbocycles. The molecule has 0 spiro atoms. The molecule has 16 heavy (non-hydrogen) atoms. The van der Waals surface area contributed by atoms with Gasteiger partial charge in [-0.1, -0.05) is 0 Å². The van der Waals surface area contributed by atoms with Crippen molar-refractivity contribution in [2.75, 3.05) is 31.2 Å². The van der Waals surface area contributed by atoms with Crippen molar-refractivity contribution in [3.63, 3.8) is 0 Å². The summed E-state index contributed by atoms with van der Waals surface area (Å²) in [7, 11) is 0. The summed E-state index contributed by atoms with van der Waals surface area (Å²) >= 11 is 0. The van der Waals surface area contributed by atoms with Crippen molar-refractivity contribution in [1.29, 1.82) is 0 Å². The molecular weight excluding hydrogens is 230 g/mol. The highest BCUT2D eigenvalue weighted by Gasteiger charge is 2.11. The minimum atomic E-state index is -0.886. The molecule has 5 heteroatoms. The Kier molecular flexibility index (Phi) is 4.58. The van der Waals surface area contributed by atoms with Gasteiger partial charge in [0.05, 0.1) is 18.8 Å². The van der Waals surface area contributed by atoms with E-state index in [0.717, 1.165) is 32.0 Å². The van der Waals surface area contributed by atoms with Gasteiger partial charge < -0.3 is 14.7 Å². The fraction of sp³-hybridized carbons (Fsp3) is 0.364. The normalized spacial score (nSPS) is 15.4. The number of carbonyl (C=O) groups is 1. The molecule has 0 unspecified atom stereocenters. The van der Waals surface area contributed by atoms with Gasteiger partial charge in [-0.2, -0.15) is 0 Å². The molecule has 2 rings (SSSR count). The van der Waals surface area contributed by atoms with Crippen LogP contribution in [0.3, 0.4) is 0 Å². The molecule has 0 amide bonds. The van der Waals surface area contributed by atoms with E-state index in [0.29, 0.717) is 5.56 Å². The predicted octanol–water partition coefficient (Wildman–Crippen LogP) is 1.64. The summed E-state index contributed by atoms with van der Waals surface area (Å²) in [5.41, 5.74) is 1.38. The Morgan fingerprint density at radius 3 is 2.25 bits per heavy atom. The lowest BCUT2D eigenvalue weighted by atomic mass is 10.2. The molecule has 1 fully saturated rings. The summed E-state index contributed by atoms with van der Waals surface area (Å²) in [5.74, 6) is -0.886. The number of aromatic carboxylic acids is 1. The highest BCUT2D eigenvalue weighted by Crippen LogP contribution is 2.16. The van der Waals surface area contributed by atoms with Gasteiger partial charge >= 0.3 is 5.97 Å². The van der Waals surface area contributed by atoms with Crippen molar-refractivity contribution in [3.05, 3.63) is 29.8 Å².